The minimum atomic E-state index is 0.577. The van der Waals surface area contributed by atoms with Crippen LogP contribution in [0, 0.1) is 6.92 Å². The predicted molar refractivity (Wildman–Crippen MR) is 54.2 cm³/mol. The first-order valence-corrected chi connectivity index (χ1v) is 5.43. The first kappa shape index (κ1) is 8.90. The Balaban J connectivity index is 1.89. The molecule has 0 radical (unpaired) electrons. The molecule has 0 bridgehead atoms. The van der Waals surface area contributed by atoms with Crippen molar-refractivity contribution in [2.24, 2.45) is 0 Å². The van der Waals surface area contributed by atoms with Gasteiger partial charge in [-0.15, -0.1) is 10.2 Å². The predicted octanol–water partition coefficient (Wildman–Crippen LogP) is 1.01. The van der Waals surface area contributed by atoms with Crippen LogP contribution in [0.3, 0.4) is 0 Å². The molecule has 1 aromatic heterocycles. The zero-order valence-electron chi connectivity index (χ0n) is 7.71. The zero-order valence-corrected chi connectivity index (χ0v) is 8.52. The van der Waals surface area contributed by atoms with Crippen LogP contribution >= 0.6 is 11.3 Å². The number of aryl methyl sites for hydroxylation is 1. The van der Waals surface area contributed by atoms with Gasteiger partial charge in [0.2, 0.25) is 5.13 Å². The summed E-state index contributed by atoms with van der Waals surface area (Å²) in [6.07, 6.45) is 2.36. The third kappa shape index (κ3) is 2.38. The largest absolute Gasteiger partial charge is 0.357 e. The lowest BCUT2D eigenvalue weighted by Crippen LogP contribution is -2.35. The van der Waals surface area contributed by atoms with Crippen LogP contribution < -0.4 is 10.6 Å². The average molecular weight is 198 g/mol. The fourth-order valence-corrected chi connectivity index (χ4v) is 2.16. The second-order valence-corrected chi connectivity index (χ2v) is 4.48. The molecule has 1 aliphatic rings. The Labute approximate surface area is 81.8 Å². The van der Waals surface area contributed by atoms with Crippen molar-refractivity contribution in [1.29, 1.82) is 0 Å². The molecule has 0 spiro atoms. The van der Waals surface area contributed by atoms with E-state index in [4.69, 9.17) is 0 Å². The highest BCUT2D eigenvalue weighted by atomic mass is 32.1. The molecular weight excluding hydrogens is 184 g/mol. The van der Waals surface area contributed by atoms with Crippen LogP contribution in [-0.2, 0) is 0 Å². The quantitative estimate of drug-likeness (QED) is 0.744. The fraction of sp³-hybridized carbons (Fsp3) is 0.750. The molecule has 5 heteroatoms. The normalized spacial score (nSPS) is 18.8. The highest BCUT2D eigenvalue weighted by molar-refractivity contribution is 7.15. The first-order valence-electron chi connectivity index (χ1n) is 4.62. The molecule has 2 N–H and O–H groups in total. The molecule has 1 fully saturated rings. The lowest BCUT2D eigenvalue weighted by atomic mass is 10.1. The van der Waals surface area contributed by atoms with Crippen LogP contribution in [0.1, 0.15) is 17.8 Å². The Morgan fingerprint density at radius 1 is 1.38 bits per heavy atom. The van der Waals surface area contributed by atoms with Crippen molar-refractivity contribution < 1.29 is 0 Å². The van der Waals surface area contributed by atoms with Crippen molar-refractivity contribution >= 4 is 16.5 Å². The van der Waals surface area contributed by atoms with E-state index in [-0.39, 0.29) is 0 Å². The highest BCUT2D eigenvalue weighted by Crippen LogP contribution is 2.17. The number of nitrogens with zero attached hydrogens (tertiary/aromatic N) is 2. The fourth-order valence-electron chi connectivity index (χ4n) is 1.50. The van der Waals surface area contributed by atoms with Gasteiger partial charge in [0.1, 0.15) is 5.01 Å². The van der Waals surface area contributed by atoms with Gasteiger partial charge < -0.3 is 10.6 Å². The molecular formula is C8H14N4S. The molecule has 0 atom stereocenters. The summed E-state index contributed by atoms with van der Waals surface area (Å²) < 4.78 is 0. The van der Waals surface area contributed by atoms with Crippen LogP contribution in [0.2, 0.25) is 0 Å². The van der Waals surface area contributed by atoms with E-state index in [2.05, 4.69) is 20.8 Å². The Bertz CT molecular complexity index is 267. The van der Waals surface area contributed by atoms with E-state index in [9.17, 15) is 0 Å². The maximum atomic E-state index is 4.05. The summed E-state index contributed by atoms with van der Waals surface area (Å²) in [6, 6.07) is 0.577. The lowest BCUT2D eigenvalue weighted by molar-refractivity contribution is 0.478. The molecule has 0 unspecified atom stereocenters. The summed E-state index contributed by atoms with van der Waals surface area (Å²) in [6.45, 7) is 4.19. The third-order valence-corrected chi connectivity index (χ3v) is 2.96. The smallest absolute Gasteiger partial charge is 0.205 e. The Kier molecular flexibility index (Phi) is 2.75. The van der Waals surface area contributed by atoms with Gasteiger partial charge in [-0.2, -0.15) is 0 Å². The first-order chi connectivity index (χ1) is 6.34. The van der Waals surface area contributed by atoms with E-state index < -0.39 is 0 Å². The molecule has 1 saturated heterocycles. The van der Waals surface area contributed by atoms with Crippen molar-refractivity contribution in [2.75, 3.05) is 18.4 Å². The third-order valence-electron chi connectivity index (χ3n) is 2.19. The average Bonchev–Trinajstić information content (AvgIpc) is 2.53. The molecule has 4 nitrogen and oxygen atoms in total. The number of rotatable bonds is 2. The SMILES string of the molecule is Cc1nnc(NC2CCNCC2)s1. The summed E-state index contributed by atoms with van der Waals surface area (Å²) in [5.41, 5.74) is 0. The van der Waals surface area contributed by atoms with Crippen LogP contribution in [0.15, 0.2) is 0 Å². The Morgan fingerprint density at radius 3 is 2.77 bits per heavy atom. The summed E-state index contributed by atoms with van der Waals surface area (Å²) >= 11 is 1.63. The summed E-state index contributed by atoms with van der Waals surface area (Å²) in [7, 11) is 0. The van der Waals surface area contributed by atoms with Crippen LogP contribution in [0.5, 0.6) is 0 Å². The van der Waals surface area contributed by atoms with Crippen LogP contribution in [0.25, 0.3) is 0 Å². The molecule has 0 aromatic carbocycles. The van der Waals surface area contributed by atoms with E-state index >= 15 is 0 Å². The molecule has 13 heavy (non-hydrogen) atoms. The topological polar surface area (TPSA) is 49.8 Å². The summed E-state index contributed by atoms with van der Waals surface area (Å²) in [4.78, 5) is 0. The van der Waals surface area contributed by atoms with E-state index in [1.807, 2.05) is 6.92 Å². The zero-order chi connectivity index (χ0) is 9.10. The standard InChI is InChI=1S/C8H14N4S/c1-6-11-12-8(13-6)10-7-2-4-9-5-3-7/h7,9H,2-5H2,1H3,(H,10,12). The molecule has 2 heterocycles. The number of hydrogen-bond acceptors (Lipinski definition) is 5. The van der Waals surface area contributed by atoms with Gasteiger partial charge in [0.25, 0.3) is 0 Å². The summed E-state index contributed by atoms with van der Waals surface area (Å²) in [5, 5.41) is 16.7. The molecule has 1 aromatic rings. The van der Waals surface area contributed by atoms with Crippen molar-refractivity contribution in [3.05, 3.63) is 5.01 Å². The molecule has 0 saturated carbocycles. The summed E-state index contributed by atoms with van der Waals surface area (Å²) in [5.74, 6) is 0. The van der Waals surface area contributed by atoms with Gasteiger partial charge in [-0.3, -0.25) is 0 Å². The minimum Gasteiger partial charge on any atom is -0.357 e. The Hall–Kier alpha value is -0.680. The molecule has 72 valence electrons. The van der Waals surface area contributed by atoms with E-state index in [0.29, 0.717) is 6.04 Å². The van der Waals surface area contributed by atoms with Crippen molar-refractivity contribution in [3.63, 3.8) is 0 Å². The van der Waals surface area contributed by atoms with Gasteiger partial charge in [0.15, 0.2) is 0 Å². The Morgan fingerprint density at radius 2 is 2.15 bits per heavy atom. The van der Waals surface area contributed by atoms with Crippen molar-refractivity contribution in [3.8, 4) is 0 Å². The van der Waals surface area contributed by atoms with Gasteiger partial charge in [-0.25, -0.2) is 0 Å². The number of anilines is 1. The van der Waals surface area contributed by atoms with Crippen LogP contribution in [-0.4, -0.2) is 29.3 Å². The molecule has 0 amide bonds. The number of piperidine rings is 1. The van der Waals surface area contributed by atoms with Gasteiger partial charge in [-0.05, 0) is 32.9 Å². The van der Waals surface area contributed by atoms with Gasteiger partial charge >= 0.3 is 0 Å². The monoisotopic (exact) mass is 198 g/mol. The van der Waals surface area contributed by atoms with E-state index in [0.717, 1.165) is 23.2 Å². The number of aromatic nitrogens is 2. The van der Waals surface area contributed by atoms with Crippen molar-refractivity contribution in [2.45, 2.75) is 25.8 Å². The molecule has 0 aliphatic carbocycles. The molecule has 2 rings (SSSR count). The van der Waals surface area contributed by atoms with E-state index in [1.54, 1.807) is 11.3 Å². The van der Waals surface area contributed by atoms with E-state index in [1.165, 1.54) is 12.8 Å². The lowest BCUT2D eigenvalue weighted by Gasteiger charge is -2.22. The van der Waals surface area contributed by atoms with Crippen molar-refractivity contribution in [1.82, 2.24) is 15.5 Å². The highest BCUT2D eigenvalue weighted by Gasteiger charge is 2.13. The van der Waals surface area contributed by atoms with Crippen LogP contribution in [0.4, 0.5) is 5.13 Å². The second kappa shape index (κ2) is 4.02. The van der Waals surface area contributed by atoms with Gasteiger partial charge in [-0.1, -0.05) is 11.3 Å². The van der Waals surface area contributed by atoms with Gasteiger partial charge in [0, 0.05) is 6.04 Å². The maximum absolute atomic E-state index is 4.05. The molecule has 1 aliphatic heterocycles. The number of nitrogens with one attached hydrogen (secondary N) is 2. The minimum absolute atomic E-state index is 0.577. The van der Waals surface area contributed by atoms with Gasteiger partial charge in [0.05, 0.1) is 0 Å². The maximum Gasteiger partial charge on any atom is 0.205 e. The number of hydrogen-bond donors (Lipinski definition) is 2. The second-order valence-electron chi connectivity index (χ2n) is 3.29.